The van der Waals surface area contributed by atoms with Gasteiger partial charge in [-0.3, -0.25) is 0 Å². The summed E-state index contributed by atoms with van der Waals surface area (Å²) < 4.78 is 28.4. The Balaban J connectivity index is 1.42. The van der Waals surface area contributed by atoms with Gasteiger partial charge in [-0.2, -0.15) is 4.31 Å². The Labute approximate surface area is 198 Å². The van der Waals surface area contributed by atoms with Crippen LogP contribution in [0.3, 0.4) is 0 Å². The molecule has 0 radical (unpaired) electrons. The van der Waals surface area contributed by atoms with Crippen LogP contribution in [0, 0.1) is 0 Å². The predicted molar refractivity (Wildman–Crippen MR) is 126 cm³/mol. The van der Waals surface area contributed by atoms with Crippen molar-refractivity contribution in [3.8, 4) is 0 Å². The fraction of sp³-hybridized carbons (Fsp3) is 0.250. The highest BCUT2D eigenvalue weighted by atomic mass is 79.9. The highest BCUT2D eigenvalue weighted by molar-refractivity contribution is 9.10. The third-order valence-corrected chi connectivity index (χ3v) is 8.55. The van der Waals surface area contributed by atoms with Gasteiger partial charge in [0, 0.05) is 52.5 Å². The molecule has 1 aliphatic rings. The van der Waals surface area contributed by atoms with Crippen molar-refractivity contribution in [3.63, 3.8) is 0 Å². The fourth-order valence-corrected chi connectivity index (χ4v) is 6.80. The summed E-state index contributed by atoms with van der Waals surface area (Å²) in [5, 5.41) is 3.59. The van der Waals surface area contributed by atoms with Gasteiger partial charge in [0.15, 0.2) is 5.13 Å². The molecule has 30 heavy (non-hydrogen) atoms. The number of thiazole rings is 1. The zero-order chi connectivity index (χ0) is 21.3. The quantitative estimate of drug-likeness (QED) is 0.435. The van der Waals surface area contributed by atoms with Crippen LogP contribution in [-0.2, 0) is 16.4 Å². The molecule has 0 unspecified atom stereocenters. The number of benzene rings is 2. The van der Waals surface area contributed by atoms with Gasteiger partial charge in [-0.15, -0.1) is 11.3 Å². The number of rotatable bonds is 5. The van der Waals surface area contributed by atoms with Crippen LogP contribution < -0.4 is 4.90 Å². The first-order valence-electron chi connectivity index (χ1n) is 9.21. The van der Waals surface area contributed by atoms with Crippen LogP contribution in [0.5, 0.6) is 0 Å². The highest BCUT2D eigenvalue weighted by Crippen LogP contribution is 2.28. The van der Waals surface area contributed by atoms with E-state index in [9.17, 15) is 8.42 Å². The smallest absolute Gasteiger partial charge is 0.243 e. The molecule has 4 rings (SSSR count). The maximum absolute atomic E-state index is 12.9. The third-order valence-electron chi connectivity index (χ3n) is 4.80. The van der Waals surface area contributed by atoms with Crippen molar-refractivity contribution in [1.82, 2.24) is 9.29 Å². The van der Waals surface area contributed by atoms with Crippen molar-refractivity contribution < 1.29 is 8.42 Å². The molecule has 3 aromatic rings. The molecular weight excluding hydrogens is 529 g/mol. The largest absolute Gasteiger partial charge is 0.345 e. The van der Waals surface area contributed by atoms with Crippen LogP contribution in [-0.4, -0.2) is 43.9 Å². The molecule has 10 heteroatoms. The summed E-state index contributed by atoms with van der Waals surface area (Å²) in [6, 6.07) is 12.6. The first-order valence-corrected chi connectivity index (χ1v) is 13.1. The molecule has 0 spiro atoms. The Hall–Kier alpha value is -1.16. The molecule has 0 atom stereocenters. The molecule has 158 valence electrons. The summed E-state index contributed by atoms with van der Waals surface area (Å²) in [7, 11) is -3.64. The monoisotopic (exact) mass is 545 g/mol. The van der Waals surface area contributed by atoms with Gasteiger partial charge in [0.1, 0.15) is 0 Å². The van der Waals surface area contributed by atoms with Gasteiger partial charge in [0.2, 0.25) is 10.0 Å². The van der Waals surface area contributed by atoms with Crippen molar-refractivity contribution in [2.24, 2.45) is 0 Å². The summed E-state index contributed by atoms with van der Waals surface area (Å²) in [6.07, 6.45) is 0.764. The van der Waals surface area contributed by atoms with Gasteiger partial charge in [-0.1, -0.05) is 51.3 Å². The zero-order valence-corrected chi connectivity index (χ0v) is 20.5. The van der Waals surface area contributed by atoms with Crippen molar-refractivity contribution >= 4 is 65.6 Å². The minimum atomic E-state index is -3.64. The molecule has 0 N–H and O–H groups in total. The first kappa shape index (κ1) is 22.0. The van der Waals surface area contributed by atoms with E-state index in [1.54, 1.807) is 11.3 Å². The van der Waals surface area contributed by atoms with Crippen LogP contribution in [0.1, 0.15) is 11.3 Å². The number of nitrogens with zero attached hydrogens (tertiary/aromatic N) is 3. The average Bonchev–Trinajstić information content (AvgIpc) is 3.16. The lowest BCUT2D eigenvalue weighted by Crippen LogP contribution is -2.48. The van der Waals surface area contributed by atoms with Crippen LogP contribution >= 0.6 is 50.5 Å². The van der Waals surface area contributed by atoms with E-state index in [0.717, 1.165) is 21.7 Å². The molecular formula is C20H18BrCl2N3O2S2. The molecule has 1 aliphatic heterocycles. The predicted octanol–water partition coefficient (Wildman–Crippen LogP) is 5.31. The lowest BCUT2D eigenvalue weighted by Gasteiger charge is -2.33. The lowest BCUT2D eigenvalue weighted by atomic mass is 10.1. The number of halogens is 3. The van der Waals surface area contributed by atoms with Crippen molar-refractivity contribution in [2.45, 2.75) is 11.3 Å². The number of aromatic nitrogens is 1. The molecule has 1 aromatic heterocycles. The van der Waals surface area contributed by atoms with E-state index in [0.29, 0.717) is 36.2 Å². The Kier molecular flexibility index (Phi) is 6.72. The van der Waals surface area contributed by atoms with Crippen molar-refractivity contribution in [3.05, 3.63) is 73.6 Å². The number of hydrogen-bond acceptors (Lipinski definition) is 5. The fourth-order valence-electron chi connectivity index (χ4n) is 3.33. The first-order chi connectivity index (χ1) is 14.3. The van der Waals surface area contributed by atoms with Crippen molar-refractivity contribution in [2.75, 3.05) is 31.1 Å². The molecule has 0 bridgehead atoms. The summed E-state index contributed by atoms with van der Waals surface area (Å²) in [5.41, 5.74) is 2.20. The number of anilines is 1. The molecule has 1 fully saturated rings. The van der Waals surface area contributed by atoms with Gasteiger partial charge < -0.3 is 4.90 Å². The minimum absolute atomic E-state index is 0.124. The molecule has 0 amide bonds. The maximum Gasteiger partial charge on any atom is 0.243 e. The normalized spacial score (nSPS) is 15.5. The van der Waals surface area contributed by atoms with E-state index in [4.69, 9.17) is 28.2 Å². The molecule has 2 aromatic carbocycles. The second-order valence-corrected chi connectivity index (χ2v) is 11.5. The van der Waals surface area contributed by atoms with E-state index in [1.807, 2.05) is 12.1 Å². The van der Waals surface area contributed by atoms with Gasteiger partial charge >= 0.3 is 0 Å². The Morgan fingerprint density at radius 1 is 1.03 bits per heavy atom. The number of sulfonamides is 1. The Morgan fingerprint density at radius 3 is 2.40 bits per heavy atom. The van der Waals surface area contributed by atoms with E-state index in [1.165, 1.54) is 28.1 Å². The average molecular weight is 547 g/mol. The second kappa shape index (κ2) is 9.14. The van der Waals surface area contributed by atoms with Gasteiger partial charge in [0.25, 0.3) is 0 Å². The SMILES string of the molecule is O=S(=O)(c1cc(Cl)cc(Cl)c1)N1CCN(c2nc(Cc3cccc(Br)c3)cs2)CC1. The van der Waals surface area contributed by atoms with E-state index < -0.39 is 10.0 Å². The molecule has 1 saturated heterocycles. The third kappa shape index (κ3) is 5.00. The topological polar surface area (TPSA) is 53.5 Å². The van der Waals surface area contributed by atoms with E-state index >= 15 is 0 Å². The van der Waals surface area contributed by atoms with E-state index in [-0.39, 0.29) is 4.90 Å². The molecule has 2 heterocycles. The van der Waals surface area contributed by atoms with Crippen molar-refractivity contribution in [1.29, 1.82) is 0 Å². The standard InChI is InChI=1S/C20H18BrCl2N3O2S2/c21-15-3-1-2-14(8-15)9-18-13-29-20(24-18)25-4-6-26(7-5-25)30(27,28)19-11-16(22)10-17(23)12-19/h1-3,8,10-13H,4-7,9H2. The summed E-state index contributed by atoms with van der Waals surface area (Å²) >= 11 is 17.0. The minimum Gasteiger partial charge on any atom is -0.345 e. The Morgan fingerprint density at radius 2 is 1.73 bits per heavy atom. The Bertz CT molecular complexity index is 1140. The van der Waals surface area contributed by atoms with Crippen LogP contribution in [0.15, 0.2) is 57.2 Å². The van der Waals surface area contributed by atoms with Crippen LogP contribution in [0.25, 0.3) is 0 Å². The van der Waals surface area contributed by atoms with Crippen LogP contribution in [0.2, 0.25) is 10.0 Å². The zero-order valence-electron chi connectivity index (χ0n) is 15.8. The number of piperazine rings is 1. The summed E-state index contributed by atoms with van der Waals surface area (Å²) in [6.45, 7) is 1.93. The highest BCUT2D eigenvalue weighted by Gasteiger charge is 2.29. The van der Waals surface area contributed by atoms with Gasteiger partial charge in [-0.05, 0) is 35.9 Å². The summed E-state index contributed by atoms with van der Waals surface area (Å²) in [4.78, 5) is 7.01. The second-order valence-electron chi connectivity index (χ2n) is 6.92. The molecule has 0 saturated carbocycles. The van der Waals surface area contributed by atoms with E-state index in [2.05, 4.69) is 38.3 Å². The molecule has 0 aliphatic carbocycles. The number of hydrogen-bond donors (Lipinski definition) is 0. The molecule has 5 nitrogen and oxygen atoms in total. The van der Waals surface area contributed by atoms with Gasteiger partial charge in [-0.25, -0.2) is 13.4 Å². The van der Waals surface area contributed by atoms with Gasteiger partial charge in [0.05, 0.1) is 10.6 Å². The lowest BCUT2D eigenvalue weighted by molar-refractivity contribution is 0.384. The maximum atomic E-state index is 12.9. The van der Waals surface area contributed by atoms with Crippen LogP contribution in [0.4, 0.5) is 5.13 Å². The summed E-state index contributed by atoms with van der Waals surface area (Å²) in [5.74, 6) is 0.